The van der Waals surface area contributed by atoms with Gasteiger partial charge in [-0.25, -0.2) is 4.39 Å². The van der Waals surface area contributed by atoms with Crippen molar-refractivity contribution >= 4 is 17.0 Å². The first-order chi connectivity index (χ1) is 8.59. The summed E-state index contributed by atoms with van der Waals surface area (Å²) < 4.78 is 14.0. The molecule has 2 nitrogen and oxygen atoms in total. The Morgan fingerprint density at radius 3 is 2.72 bits per heavy atom. The molecule has 1 unspecified atom stereocenters. The number of para-hydroxylation sites is 1. The summed E-state index contributed by atoms with van der Waals surface area (Å²) >= 11 is 1.67. The lowest BCUT2D eigenvalue weighted by atomic mass is 10.1. The third kappa shape index (κ3) is 2.71. The van der Waals surface area contributed by atoms with Gasteiger partial charge in [-0.2, -0.15) is 0 Å². The second kappa shape index (κ2) is 5.50. The standard InChI is InChI=1S/C14H17FN2S/c1-10(16)12-6-3-7-13(15)14(12)17(2)9-11-5-4-8-18-11/h3-8,10H,9,16H2,1-2H3. The smallest absolute Gasteiger partial charge is 0.146 e. The van der Waals surface area contributed by atoms with E-state index in [9.17, 15) is 4.39 Å². The van der Waals surface area contributed by atoms with Crippen molar-refractivity contribution in [2.24, 2.45) is 5.73 Å². The number of rotatable bonds is 4. The molecular weight excluding hydrogens is 247 g/mol. The van der Waals surface area contributed by atoms with Gasteiger partial charge in [0.15, 0.2) is 0 Å². The Kier molecular flexibility index (Phi) is 3.99. The molecule has 0 spiro atoms. The van der Waals surface area contributed by atoms with Gasteiger partial charge in [0, 0.05) is 18.0 Å². The lowest BCUT2D eigenvalue weighted by Gasteiger charge is -2.24. The van der Waals surface area contributed by atoms with Crippen LogP contribution in [0.4, 0.5) is 10.1 Å². The van der Waals surface area contributed by atoms with Crippen LogP contribution in [0.3, 0.4) is 0 Å². The molecule has 2 aromatic rings. The number of hydrogen-bond donors (Lipinski definition) is 1. The molecule has 1 atom stereocenters. The van der Waals surface area contributed by atoms with E-state index >= 15 is 0 Å². The minimum Gasteiger partial charge on any atom is -0.367 e. The van der Waals surface area contributed by atoms with Gasteiger partial charge in [-0.05, 0) is 30.0 Å². The Hall–Kier alpha value is -1.39. The average Bonchev–Trinajstić information content (AvgIpc) is 2.81. The van der Waals surface area contributed by atoms with Gasteiger partial charge < -0.3 is 10.6 Å². The second-order valence-corrected chi connectivity index (χ2v) is 5.43. The minimum atomic E-state index is -0.219. The summed E-state index contributed by atoms with van der Waals surface area (Å²) in [6.07, 6.45) is 0. The van der Waals surface area contributed by atoms with Crippen molar-refractivity contribution in [3.8, 4) is 0 Å². The number of nitrogens with two attached hydrogens (primary N) is 1. The van der Waals surface area contributed by atoms with E-state index in [1.165, 1.54) is 10.9 Å². The number of anilines is 1. The highest BCUT2D eigenvalue weighted by atomic mass is 32.1. The summed E-state index contributed by atoms with van der Waals surface area (Å²) in [6, 6.07) is 8.94. The maximum Gasteiger partial charge on any atom is 0.146 e. The molecule has 0 amide bonds. The molecule has 0 radical (unpaired) electrons. The highest BCUT2D eigenvalue weighted by molar-refractivity contribution is 7.09. The molecule has 0 aliphatic rings. The lowest BCUT2D eigenvalue weighted by molar-refractivity contribution is 0.616. The zero-order valence-corrected chi connectivity index (χ0v) is 11.4. The molecule has 0 aliphatic heterocycles. The zero-order valence-electron chi connectivity index (χ0n) is 10.6. The highest BCUT2D eigenvalue weighted by Crippen LogP contribution is 2.29. The van der Waals surface area contributed by atoms with Crippen LogP contribution >= 0.6 is 11.3 Å². The summed E-state index contributed by atoms with van der Waals surface area (Å²) in [5, 5.41) is 2.02. The van der Waals surface area contributed by atoms with Crippen LogP contribution in [0.2, 0.25) is 0 Å². The molecule has 0 bridgehead atoms. The monoisotopic (exact) mass is 264 g/mol. The lowest BCUT2D eigenvalue weighted by Crippen LogP contribution is -2.21. The van der Waals surface area contributed by atoms with Gasteiger partial charge in [0.25, 0.3) is 0 Å². The van der Waals surface area contributed by atoms with E-state index in [2.05, 4.69) is 0 Å². The summed E-state index contributed by atoms with van der Waals surface area (Å²) in [4.78, 5) is 3.12. The van der Waals surface area contributed by atoms with Crippen LogP contribution in [-0.2, 0) is 6.54 Å². The predicted molar refractivity (Wildman–Crippen MR) is 75.4 cm³/mol. The number of thiophene rings is 1. The molecule has 0 aliphatic carbocycles. The molecule has 96 valence electrons. The molecule has 0 fully saturated rings. The van der Waals surface area contributed by atoms with Crippen molar-refractivity contribution in [1.29, 1.82) is 0 Å². The van der Waals surface area contributed by atoms with Gasteiger partial charge in [-0.3, -0.25) is 0 Å². The van der Waals surface area contributed by atoms with Gasteiger partial charge in [0.05, 0.1) is 12.2 Å². The summed E-state index contributed by atoms with van der Waals surface area (Å²) in [5.74, 6) is -0.219. The highest BCUT2D eigenvalue weighted by Gasteiger charge is 2.15. The van der Waals surface area contributed by atoms with Gasteiger partial charge in [0.1, 0.15) is 5.82 Å². The number of hydrogen-bond acceptors (Lipinski definition) is 3. The van der Waals surface area contributed by atoms with Crippen molar-refractivity contribution in [1.82, 2.24) is 0 Å². The topological polar surface area (TPSA) is 29.3 Å². The average molecular weight is 264 g/mol. The second-order valence-electron chi connectivity index (χ2n) is 4.40. The van der Waals surface area contributed by atoms with Crippen LogP contribution in [0.5, 0.6) is 0 Å². The van der Waals surface area contributed by atoms with Crippen molar-refractivity contribution in [3.63, 3.8) is 0 Å². The van der Waals surface area contributed by atoms with Gasteiger partial charge in [-0.1, -0.05) is 18.2 Å². The van der Waals surface area contributed by atoms with Gasteiger partial charge >= 0.3 is 0 Å². The minimum absolute atomic E-state index is 0.179. The summed E-state index contributed by atoms with van der Waals surface area (Å²) in [6.45, 7) is 2.57. The first kappa shape index (κ1) is 13.1. The summed E-state index contributed by atoms with van der Waals surface area (Å²) in [7, 11) is 1.89. The van der Waals surface area contributed by atoms with Crippen molar-refractivity contribution < 1.29 is 4.39 Å². The maximum atomic E-state index is 14.0. The first-order valence-electron chi connectivity index (χ1n) is 5.87. The first-order valence-corrected chi connectivity index (χ1v) is 6.75. The molecule has 4 heteroatoms. The molecule has 0 saturated heterocycles. The Morgan fingerprint density at radius 2 is 2.11 bits per heavy atom. The molecule has 1 aromatic carbocycles. The number of benzene rings is 1. The third-order valence-electron chi connectivity index (χ3n) is 2.86. The van der Waals surface area contributed by atoms with E-state index in [1.807, 2.05) is 42.5 Å². The summed E-state index contributed by atoms with van der Waals surface area (Å²) in [5.41, 5.74) is 7.34. The van der Waals surface area contributed by atoms with Crippen LogP contribution < -0.4 is 10.6 Å². The molecule has 0 saturated carbocycles. The molecule has 2 rings (SSSR count). The van der Waals surface area contributed by atoms with Crippen molar-refractivity contribution in [2.45, 2.75) is 19.5 Å². The van der Waals surface area contributed by atoms with E-state index in [-0.39, 0.29) is 11.9 Å². The van der Waals surface area contributed by atoms with E-state index in [0.29, 0.717) is 12.2 Å². The fourth-order valence-electron chi connectivity index (χ4n) is 2.02. The Morgan fingerprint density at radius 1 is 1.33 bits per heavy atom. The fraction of sp³-hybridized carbons (Fsp3) is 0.286. The molecule has 1 aromatic heterocycles. The van der Waals surface area contributed by atoms with E-state index < -0.39 is 0 Å². The normalized spacial score (nSPS) is 12.4. The molecule has 18 heavy (non-hydrogen) atoms. The zero-order chi connectivity index (χ0) is 13.1. The van der Waals surface area contributed by atoms with E-state index in [4.69, 9.17) is 5.73 Å². The fourth-order valence-corrected chi connectivity index (χ4v) is 2.77. The van der Waals surface area contributed by atoms with Crippen LogP contribution in [0.25, 0.3) is 0 Å². The SMILES string of the molecule is CC(N)c1cccc(F)c1N(C)Cc1cccs1. The van der Waals surface area contributed by atoms with Crippen LogP contribution in [0, 0.1) is 5.82 Å². The quantitative estimate of drug-likeness (QED) is 0.915. The Bertz CT molecular complexity index is 509. The number of halogens is 1. The van der Waals surface area contributed by atoms with Gasteiger partial charge in [-0.15, -0.1) is 11.3 Å². The third-order valence-corrected chi connectivity index (χ3v) is 3.72. The Balaban J connectivity index is 2.31. The molecular formula is C14H17FN2S. The van der Waals surface area contributed by atoms with Crippen molar-refractivity contribution in [3.05, 3.63) is 52.0 Å². The predicted octanol–water partition coefficient (Wildman–Crippen LogP) is 3.54. The Labute approximate surface area is 111 Å². The largest absolute Gasteiger partial charge is 0.367 e. The molecule has 2 N–H and O–H groups in total. The van der Waals surface area contributed by atoms with Crippen LogP contribution in [0.1, 0.15) is 23.4 Å². The number of nitrogens with zero attached hydrogens (tertiary/aromatic N) is 1. The van der Waals surface area contributed by atoms with Crippen LogP contribution in [0.15, 0.2) is 35.7 Å². The van der Waals surface area contributed by atoms with Crippen molar-refractivity contribution in [2.75, 3.05) is 11.9 Å². The van der Waals surface area contributed by atoms with E-state index in [0.717, 1.165) is 5.56 Å². The maximum absolute atomic E-state index is 14.0. The van der Waals surface area contributed by atoms with E-state index in [1.54, 1.807) is 17.4 Å². The van der Waals surface area contributed by atoms with Crippen LogP contribution in [-0.4, -0.2) is 7.05 Å². The molecule has 1 heterocycles. The van der Waals surface area contributed by atoms with Gasteiger partial charge in [0.2, 0.25) is 0 Å².